The Morgan fingerprint density at radius 2 is 1.68 bits per heavy atom. The molecule has 3 aromatic carbocycles. The Morgan fingerprint density at radius 1 is 0.976 bits per heavy atom. The number of halogens is 1. The van der Waals surface area contributed by atoms with Crippen molar-refractivity contribution in [3.05, 3.63) is 94.6 Å². The molecule has 210 valence electrons. The second-order valence-electron chi connectivity index (χ2n) is 9.07. The van der Waals surface area contributed by atoms with Crippen LogP contribution in [0.2, 0.25) is 0 Å². The molecular weight excluding hydrogens is 547 g/mol. The van der Waals surface area contributed by atoms with Crippen LogP contribution >= 0.6 is 11.3 Å². The normalized spacial score (nSPS) is 13.0. The Kier molecular flexibility index (Phi) is 8.66. The van der Waals surface area contributed by atoms with Crippen molar-refractivity contribution in [1.29, 1.82) is 0 Å². The van der Waals surface area contributed by atoms with E-state index in [-0.39, 0.29) is 23.3 Å². The van der Waals surface area contributed by atoms with E-state index >= 15 is 0 Å². The first-order valence-corrected chi connectivity index (χ1v) is 13.8. The zero-order chi connectivity index (χ0) is 28.8. The summed E-state index contributed by atoms with van der Waals surface area (Å²) in [5.41, 5.74) is 2.71. The van der Waals surface area contributed by atoms with E-state index in [4.69, 9.17) is 9.47 Å². The summed E-state index contributed by atoms with van der Waals surface area (Å²) in [7, 11) is 0. The molecule has 1 fully saturated rings. The molecule has 9 nitrogen and oxygen atoms in total. The number of nitrogens with zero attached hydrogens (tertiary/aromatic N) is 2. The molecular formula is C30H27FN4O5S. The lowest BCUT2D eigenvalue weighted by atomic mass is 10.1. The molecule has 0 spiro atoms. The topological polar surface area (TPSA) is 110 Å². The lowest BCUT2D eigenvalue weighted by Gasteiger charge is -2.26. The average molecular weight is 575 g/mol. The highest BCUT2D eigenvalue weighted by atomic mass is 32.1. The highest BCUT2D eigenvalue weighted by Gasteiger charge is 2.22. The molecule has 0 radical (unpaired) electrons. The predicted molar refractivity (Wildman–Crippen MR) is 154 cm³/mol. The number of carbonyl (C=O) groups excluding carboxylic acids is 3. The summed E-state index contributed by atoms with van der Waals surface area (Å²) in [5, 5.41) is 6.51. The minimum absolute atomic E-state index is 0.0607. The van der Waals surface area contributed by atoms with E-state index in [2.05, 4.69) is 15.6 Å². The minimum Gasteiger partial charge on any atom is -0.462 e. The number of hydrogen-bond acceptors (Lipinski definition) is 8. The van der Waals surface area contributed by atoms with Gasteiger partial charge in [-0.15, -0.1) is 11.3 Å². The van der Waals surface area contributed by atoms with Gasteiger partial charge in [0.05, 0.1) is 19.8 Å². The number of morpholine rings is 1. The van der Waals surface area contributed by atoms with E-state index in [0.29, 0.717) is 65.2 Å². The molecule has 0 unspecified atom stereocenters. The van der Waals surface area contributed by atoms with Crippen LogP contribution in [0.5, 0.6) is 0 Å². The van der Waals surface area contributed by atoms with Crippen LogP contribution < -0.4 is 10.6 Å². The highest BCUT2D eigenvalue weighted by Crippen LogP contribution is 2.34. The largest absolute Gasteiger partial charge is 0.462 e. The van der Waals surface area contributed by atoms with Crippen molar-refractivity contribution in [3.8, 4) is 10.6 Å². The molecule has 41 heavy (non-hydrogen) atoms. The quantitative estimate of drug-likeness (QED) is 0.264. The molecule has 2 N–H and O–H groups in total. The van der Waals surface area contributed by atoms with E-state index in [1.165, 1.54) is 24.3 Å². The van der Waals surface area contributed by atoms with E-state index in [0.717, 1.165) is 11.3 Å². The van der Waals surface area contributed by atoms with E-state index in [1.807, 2.05) is 6.07 Å². The third-order valence-corrected chi connectivity index (χ3v) is 7.34. The van der Waals surface area contributed by atoms with Gasteiger partial charge < -0.3 is 25.0 Å². The van der Waals surface area contributed by atoms with Crippen LogP contribution in [0.25, 0.3) is 10.6 Å². The number of anilines is 3. The zero-order valence-corrected chi connectivity index (χ0v) is 23.0. The second-order valence-corrected chi connectivity index (χ2v) is 10.1. The predicted octanol–water partition coefficient (Wildman–Crippen LogP) is 5.59. The number of ether oxygens (including phenoxy) is 2. The van der Waals surface area contributed by atoms with E-state index < -0.39 is 11.8 Å². The van der Waals surface area contributed by atoms with Crippen LogP contribution in [-0.2, 0) is 9.47 Å². The molecule has 5 rings (SSSR count). The molecule has 11 heteroatoms. The van der Waals surface area contributed by atoms with Crippen LogP contribution in [0.1, 0.15) is 37.3 Å². The van der Waals surface area contributed by atoms with Crippen molar-refractivity contribution < 1.29 is 28.2 Å². The number of benzene rings is 3. The average Bonchev–Trinajstić information content (AvgIpc) is 3.42. The maximum atomic E-state index is 13.2. The fourth-order valence-corrected chi connectivity index (χ4v) is 5.09. The van der Waals surface area contributed by atoms with Gasteiger partial charge in [-0.2, -0.15) is 0 Å². The summed E-state index contributed by atoms with van der Waals surface area (Å²) in [5.74, 6) is -1.07. The van der Waals surface area contributed by atoms with Crippen molar-refractivity contribution in [2.75, 3.05) is 43.5 Å². The molecule has 0 saturated carbocycles. The van der Waals surface area contributed by atoms with Gasteiger partial charge in [-0.25, -0.2) is 14.2 Å². The van der Waals surface area contributed by atoms with E-state index in [1.54, 1.807) is 54.3 Å². The second kappa shape index (κ2) is 12.7. The fraction of sp³-hybridized carbons (Fsp3) is 0.200. The molecule has 2 heterocycles. The molecule has 1 saturated heterocycles. The van der Waals surface area contributed by atoms with Crippen molar-refractivity contribution >= 4 is 46.3 Å². The maximum absolute atomic E-state index is 13.2. The molecule has 1 aliphatic heterocycles. The number of esters is 1. The molecule has 1 aliphatic rings. The Hall–Kier alpha value is -4.61. The Bertz CT molecular complexity index is 1550. The van der Waals surface area contributed by atoms with Crippen LogP contribution in [0.3, 0.4) is 0 Å². The number of aromatic nitrogens is 1. The van der Waals surface area contributed by atoms with Crippen LogP contribution in [-0.4, -0.2) is 60.6 Å². The fourth-order valence-electron chi connectivity index (χ4n) is 4.18. The lowest BCUT2D eigenvalue weighted by Crippen LogP contribution is -2.40. The van der Waals surface area contributed by atoms with Crippen molar-refractivity contribution in [2.24, 2.45) is 0 Å². The zero-order valence-electron chi connectivity index (χ0n) is 22.2. The molecule has 2 amide bonds. The summed E-state index contributed by atoms with van der Waals surface area (Å²) >= 11 is 1.16. The van der Waals surface area contributed by atoms with Gasteiger partial charge >= 0.3 is 5.97 Å². The standard InChI is InChI=1S/C30H27FN4O5S/c1-2-40-30(38)25-26(32-23-12-8-20(9-13-23)29(37)35-14-16-39-17-15-35)34-28(41-25)21-4-3-5-24(18-21)33-27(36)19-6-10-22(31)11-7-19/h3-13,18,32H,2,14-17H2,1H3,(H,33,36). The number of amides is 2. The molecule has 4 aromatic rings. The molecule has 1 aromatic heterocycles. The van der Waals surface area contributed by atoms with Crippen molar-refractivity contribution in [1.82, 2.24) is 9.88 Å². The van der Waals surface area contributed by atoms with Gasteiger partial charge in [0.2, 0.25) is 0 Å². The Labute approximate surface area is 239 Å². The van der Waals surface area contributed by atoms with Gasteiger partial charge in [-0.3, -0.25) is 9.59 Å². The van der Waals surface area contributed by atoms with Crippen molar-refractivity contribution in [2.45, 2.75) is 6.92 Å². The third kappa shape index (κ3) is 6.76. The first-order chi connectivity index (χ1) is 19.9. The number of thiazole rings is 1. The van der Waals surface area contributed by atoms with Gasteiger partial charge in [-0.1, -0.05) is 12.1 Å². The first kappa shape index (κ1) is 27.9. The summed E-state index contributed by atoms with van der Waals surface area (Å²) < 4.78 is 23.8. The Morgan fingerprint density at radius 3 is 2.39 bits per heavy atom. The lowest BCUT2D eigenvalue weighted by molar-refractivity contribution is 0.0303. The highest BCUT2D eigenvalue weighted by molar-refractivity contribution is 7.17. The number of carbonyl (C=O) groups is 3. The molecule has 0 bridgehead atoms. The summed E-state index contributed by atoms with van der Waals surface area (Å²) in [6, 6.07) is 19.3. The maximum Gasteiger partial charge on any atom is 0.352 e. The number of nitrogens with one attached hydrogen (secondary N) is 2. The first-order valence-electron chi connectivity index (χ1n) is 13.0. The van der Waals surface area contributed by atoms with Crippen LogP contribution in [0.15, 0.2) is 72.8 Å². The Balaban J connectivity index is 1.36. The molecule has 0 atom stereocenters. The van der Waals surface area contributed by atoms with Crippen molar-refractivity contribution in [3.63, 3.8) is 0 Å². The summed E-state index contributed by atoms with van der Waals surface area (Å²) in [6.45, 7) is 4.09. The van der Waals surface area contributed by atoms with Gasteiger partial charge in [0.25, 0.3) is 11.8 Å². The van der Waals surface area contributed by atoms with Crippen LogP contribution in [0.4, 0.5) is 21.6 Å². The summed E-state index contributed by atoms with van der Waals surface area (Å²) in [4.78, 5) is 44.9. The van der Waals surface area contributed by atoms with Gasteiger partial charge in [-0.05, 0) is 67.6 Å². The SMILES string of the molecule is CCOC(=O)c1sc(-c2cccc(NC(=O)c3ccc(F)cc3)c2)nc1Nc1ccc(C(=O)N2CCOCC2)cc1. The minimum atomic E-state index is -0.515. The van der Waals surface area contributed by atoms with E-state index in [9.17, 15) is 18.8 Å². The molecule has 0 aliphatic carbocycles. The van der Waals surface area contributed by atoms with Crippen LogP contribution in [0, 0.1) is 5.82 Å². The van der Waals surface area contributed by atoms with Gasteiger partial charge in [0.1, 0.15) is 10.8 Å². The van der Waals surface area contributed by atoms with Gasteiger partial charge in [0, 0.05) is 41.2 Å². The number of hydrogen-bond donors (Lipinski definition) is 2. The summed E-state index contributed by atoms with van der Waals surface area (Å²) in [6.07, 6.45) is 0. The smallest absolute Gasteiger partial charge is 0.352 e. The third-order valence-electron chi connectivity index (χ3n) is 6.25. The van der Waals surface area contributed by atoms with Gasteiger partial charge in [0.15, 0.2) is 10.7 Å². The number of rotatable bonds is 8. The monoisotopic (exact) mass is 574 g/mol.